The molecule has 0 fully saturated rings. The number of carbonyl (C=O) groups is 1. The van der Waals surface area contributed by atoms with Crippen molar-refractivity contribution in [1.82, 2.24) is 4.98 Å². The summed E-state index contributed by atoms with van der Waals surface area (Å²) in [5.74, 6) is 1.77. The highest BCUT2D eigenvalue weighted by molar-refractivity contribution is 5.90. The highest BCUT2D eigenvalue weighted by Crippen LogP contribution is 2.20. The SMILES string of the molecule is Cc1cccnc1NC(=O)CCC(CCN)C(C)C. The Balaban J connectivity index is 2.45. The van der Waals surface area contributed by atoms with Gasteiger partial charge in [0.15, 0.2) is 0 Å². The van der Waals surface area contributed by atoms with Gasteiger partial charge in [0.25, 0.3) is 0 Å². The minimum absolute atomic E-state index is 0.0319. The lowest BCUT2D eigenvalue weighted by Gasteiger charge is -2.19. The number of amides is 1. The Kier molecular flexibility index (Phi) is 6.50. The number of aromatic nitrogens is 1. The van der Waals surface area contributed by atoms with E-state index in [-0.39, 0.29) is 5.91 Å². The van der Waals surface area contributed by atoms with E-state index in [4.69, 9.17) is 5.73 Å². The Morgan fingerprint density at radius 3 is 2.74 bits per heavy atom. The number of carbonyl (C=O) groups excluding carboxylic acids is 1. The molecule has 0 bridgehead atoms. The molecule has 1 aromatic heterocycles. The van der Waals surface area contributed by atoms with Crippen LogP contribution in [0, 0.1) is 18.8 Å². The van der Waals surface area contributed by atoms with Crippen LogP contribution in [-0.2, 0) is 4.79 Å². The summed E-state index contributed by atoms with van der Waals surface area (Å²) in [6.07, 6.45) is 4.08. The zero-order valence-electron chi connectivity index (χ0n) is 12.1. The number of aryl methyl sites for hydroxylation is 1. The van der Waals surface area contributed by atoms with Crippen molar-refractivity contribution in [2.24, 2.45) is 17.6 Å². The molecule has 0 aliphatic heterocycles. The van der Waals surface area contributed by atoms with E-state index in [0.717, 1.165) is 18.4 Å². The normalized spacial score (nSPS) is 12.5. The standard InChI is InChI=1S/C15H25N3O/c1-11(2)13(8-9-16)6-7-14(19)18-15-12(3)5-4-10-17-15/h4-5,10-11,13H,6-9,16H2,1-3H3,(H,17,18,19). The van der Waals surface area contributed by atoms with E-state index in [1.165, 1.54) is 0 Å². The van der Waals surface area contributed by atoms with E-state index in [1.807, 2.05) is 19.1 Å². The van der Waals surface area contributed by atoms with Gasteiger partial charge < -0.3 is 11.1 Å². The third-order valence-electron chi connectivity index (χ3n) is 3.49. The number of hydrogen-bond acceptors (Lipinski definition) is 3. The fourth-order valence-corrected chi connectivity index (χ4v) is 2.15. The lowest BCUT2D eigenvalue weighted by Crippen LogP contribution is -2.19. The van der Waals surface area contributed by atoms with Crippen LogP contribution in [0.5, 0.6) is 0 Å². The number of nitrogens with one attached hydrogen (secondary N) is 1. The maximum atomic E-state index is 11.9. The zero-order chi connectivity index (χ0) is 14.3. The number of pyridine rings is 1. The smallest absolute Gasteiger partial charge is 0.225 e. The molecule has 106 valence electrons. The van der Waals surface area contributed by atoms with E-state index in [1.54, 1.807) is 6.20 Å². The van der Waals surface area contributed by atoms with Gasteiger partial charge in [0, 0.05) is 12.6 Å². The number of rotatable bonds is 7. The molecule has 0 aromatic carbocycles. The molecule has 1 heterocycles. The van der Waals surface area contributed by atoms with Gasteiger partial charge in [-0.25, -0.2) is 4.98 Å². The molecule has 1 atom stereocenters. The third kappa shape index (κ3) is 5.39. The molecule has 1 aromatic rings. The lowest BCUT2D eigenvalue weighted by molar-refractivity contribution is -0.116. The van der Waals surface area contributed by atoms with Crippen molar-refractivity contribution in [2.75, 3.05) is 11.9 Å². The van der Waals surface area contributed by atoms with Crippen LogP contribution in [0.2, 0.25) is 0 Å². The molecule has 0 radical (unpaired) electrons. The predicted molar refractivity (Wildman–Crippen MR) is 78.8 cm³/mol. The first-order valence-electron chi connectivity index (χ1n) is 6.96. The van der Waals surface area contributed by atoms with Crippen molar-refractivity contribution >= 4 is 11.7 Å². The summed E-state index contributed by atoms with van der Waals surface area (Å²) in [4.78, 5) is 16.1. The van der Waals surface area contributed by atoms with Crippen LogP contribution in [0.4, 0.5) is 5.82 Å². The van der Waals surface area contributed by atoms with Gasteiger partial charge >= 0.3 is 0 Å². The maximum absolute atomic E-state index is 11.9. The van der Waals surface area contributed by atoms with Gasteiger partial charge in [-0.2, -0.15) is 0 Å². The monoisotopic (exact) mass is 263 g/mol. The number of hydrogen-bond donors (Lipinski definition) is 2. The van der Waals surface area contributed by atoms with Crippen LogP contribution in [0.25, 0.3) is 0 Å². The minimum atomic E-state index is 0.0319. The molecule has 0 saturated heterocycles. The molecule has 4 heteroatoms. The van der Waals surface area contributed by atoms with Crippen molar-refractivity contribution < 1.29 is 4.79 Å². The molecule has 1 amide bonds. The van der Waals surface area contributed by atoms with E-state index in [0.29, 0.717) is 30.6 Å². The number of nitrogens with zero attached hydrogens (tertiary/aromatic N) is 1. The highest BCUT2D eigenvalue weighted by atomic mass is 16.1. The summed E-state index contributed by atoms with van der Waals surface area (Å²) in [6.45, 7) is 6.99. The van der Waals surface area contributed by atoms with Gasteiger partial charge in [0.2, 0.25) is 5.91 Å². The van der Waals surface area contributed by atoms with Crippen LogP contribution in [0.15, 0.2) is 18.3 Å². The van der Waals surface area contributed by atoms with Crippen LogP contribution in [-0.4, -0.2) is 17.4 Å². The quantitative estimate of drug-likeness (QED) is 0.794. The van der Waals surface area contributed by atoms with Crippen molar-refractivity contribution in [1.29, 1.82) is 0 Å². The summed E-state index contributed by atoms with van der Waals surface area (Å²) >= 11 is 0. The first-order chi connectivity index (χ1) is 9.04. The van der Waals surface area contributed by atoms with Crippen molar-refractivity contribution in [3.05, 3.63) is 23.9 Å². The van der Waals surface area contributed by atoms with Crippen LogP contribution >= 0.6 is 0 Å². The van der Waals surface area contributed by atoms with Gasteiger partial charge in [-0.3, -0.25) is 4.79 Å². The van der Waals surface area contributed by atoms with Gasteiger partial charge in [-0.05, 0) is 49.8 Å². The summed E-state index contributed by atoms with van der Waals surface area (Å²) in [7, 11) is 0. The van der Waals surface area contributed by atoms with Gasteiger partial charge in [0.1, 0.15) is 5.82 Å². The Labute approximate surface area is 115 Å². The Morgan fingerprint density at radius 1 is 1.42 bits per heavy atom. The van der Waals surface area contributed by atoms with Crippen molar-refractivity contribution in [3.63, 3.8) is 0 Å². The van der Waals surface area contributed by atoms with E-state index in [9.17, 15) is 4.79 Å². The van der Waals surface area contributed by atoms with Gasteiger partial charge in [-0.15, -0.1) is 0 Å². The second kappa shape index (κ2) is 7.89. The second-order valence-corrected chi connectivity index (χ2v) is 5.34. The molecule has 0 aliphatic carbocycles. The second-order valence-electron chi connectivity index (χ2n) is 5.34. The Morgan fingerprint density at radius 2 is 2.16 bits per heavy atom. The lowest BCUT2D eigenvalue weighted by atomic mass is 9.88. The van der Waals surface area contributed by atoms with E-state index in [2.05, 4.69) is 24.1 Å². The predicted octanol–water partition coefficient (Wildman–Crippen LogP) is 2.73. The Bertz CT molecular complexity index is 404. The summed E-state index contributed by atoms with van der Waals surface area (Å²) in [5.41, 5.74) is 6.59. The highest BCUT2D eigenvalue weighted by Gasteiger charge is 2.14. The number of nitrogens with two attached hydrogens (primary N) is 1. The topological polar surface area (TPSA) is 68.0 Å². The first kappa shape index (κ1) is 15.6. The summed E-state index contributed by atoms with van der Waals surface area (Å²) < 4.78 is 0. The third-order valence-corrected chi connectivity index (χ3v) is 3.49. The first-order valence-corrected chi connectivity index (χ1v) is 6.96. The fourth-order valence-electron chi connectivity index (χ4n) is 2.15. The van der Waals surface area contributed by atoms with E-state index < -0.39 is 0 Å². The van der Waals surface area contributed by atoms with Crippen molar-refractivity contribution in [3.8, 4) is 0 Å². The van der Waals surface area contributed by atoms with Gasteiger partial charge in [0.05, 0.1) is 0 Å². The van der Waals surface area contributed by atoms with Crippen LogP contribution in [0.1, 0.15) is 38.7 Å². The molecule has 1 rings (SSSR count). The van der Waals surface area contributed by atoms with Gasteiger partial charge in [-0.1, -0.05) is 19.9 Å². The summed E-state index contributed by atoms with van der Waals surface area (Å²) in [6, 6.07) is 3.80. The molecule has 1 unspecified atom stereocenters. The molecule has 0 saturated carbocycles. The molecule has 0 aliphatic rings. The van der Waals surface area contributed by atoms with E-state index >= 15 is 0 Å². The largest absolute Gasteiger partial charge is 0.330 e. The molecule has 19 heavy (non-hydrogen) atoms. The minimum Gasteiger partial charge on any atom is -0.330 e. The average Bonchev–Trinajstić information content (AvgIpc) is 2.37. The molecule has 0 spiro atoms. The molecular formula is C15H25N3O. The maximum Gasteiger partial charge on any atom is 0.225 e. The van der Waals surface area contributed by atoms with Crippen molar-refractivity contribution in [2.45, 2.75) is 40.0 Å². The van der Waals surface area contributed by atoms with Crippen LogP contribution < -0.4 is 11.1 Å². The fraction of sp³-hybridized carbons (Fsp3) is 0.600. The molecule has 3 N–H and O–H groups in total. The summed E-state index contributed by atoms with van der Waals surface area (Å²) in [5, 5.41) is 2.87. The Hall–Kier alpha value is -1.42. The van der Waals surface area contributed by atoms with Crippen LogP contribution in [0.3, 0.4) is 0 Å². The molecule has 4 nitrogen and oxygen atoms in total. The number of anilines is 1. The average molecular weight is 263 g/mol. The molecular weight excluding hydrogens is 238 g/mol. The zero-order valence-corrected chi connectivity index (χ0v) is 12.1.